The van der Waals surface area contributed by atoms with Gasteiger partial charge in [-0.15, -0.1) is 11.3 Å². The van der Waals surface area contributed by atoms with Gasteiger partial charge >= 0.3 is 6.09 Å². The number of alkyl carbamates (subject to hydrolysis) is 1. The van der Waals surface area contributed by atoms with Gasteiger partial charge in [-0.25, -0.2) is 4.79 Å². The molecule has 1 aliphatic heterocycles. The molecule has 6 nitrogen and oxygen atoms in total. The van der Waals surface area contributed by atoms with Crippen LogP contribution in [0.15, 0.2) is 41.8 Å². The van der Waals surface area contributed by atoms with Crippen molar-refractivity contribution in [1.82, 2.24) is 15.5 Å². The minimum atomic E-state index is -0.550. The SMILES string of the molecule is CC(C)(C)OC(=O)NCCC(=O)NC[C@H](c1ccccc1)N1CCc2sccc2C1. The van der Waals surface area contributed by atoms with Crippen LogP contribution in [0.2, 0.25) is 0 Å². The fraction of sp³-hybridized carbons (Fsp3) is 0.478. The van der Waals surface area contributed by atoms with Crippen LogP contribution in [0.4, 0.5) is 4.79 Å². The minimum Gasteiger partial charge on any atom is -0.444 e. The summed E-state index contributed by atoms with van der Waals surface area (Å²) in [4.78, 5) is 28.0. The Morgan fingerprint density at radius 2 is 1.93 bits per heavy atom. The molecule has 30 heavy (non-hydrogen) atoms. The first-order chi connectivity index (χ1) is 14.3. The highest BCUT2D eigenvalue weighted by Crippen LogP contribution is 2.30. The third-order valence-electron chi connectivity index (χ3n) is 4.98. The Kier molecular flexibility index (Phi) is 7.50. The predicted octanol–water partition coefficient (Wildman–Crippen LogP) is 3.88. The summed E-state index contributed by atoms with van der Waals surface area (Å²) < 4.78 is 5.19. The Morgan fingerprint density at radius 3 is 2.67 bits per heavy atom. The molecule has 0 aliphatic carbocycles. The van der Waals surface area contributed by atoms with Crippen LogP contribution in [0.3, 0.4) is 0 Å². The third kappa shape index (κ3) is 6.57. The second kappa shape index (κ2) is 10.1. The summed E-state index contributed by atoms with van der Waals surface area (Å²) in [5, 5.41) is 7.84. The molecule has 0 fully saturated rings. The third-order valence-corrected chi connectivity index (χ3v) is 6.00. The molecule has 1 aliphatic rings. The van der Waals surface area contributed by atoms with Crippen LogP contribution in [0, 0.1) is 0 Å². The highest BCUT2D eigenvalue weighted by molar-refractivity contribution is 7.10. The number of carbonyl (C=O) groups excluding carboxylic acids is 2. The van der Waals surface area contributed by atoms with Gasteiger partial charge in [0, 0.05) is 37.5 Å². The Hall–Kier alpha value is -2.38. The largest absolute Gasteiger partial charge is 0.444 e. The Morgan fingerprint density at radius 1 is 1.17 bits per heavy atom. The van der Waals surface area contributed by atoms with Crippen molar-refractivity contribution in [2.45, 2.75) is 51.8 Å². The molecule has 0 bridgehead atoms. The average Bonchev–Trinajstić information content (AvgIpc) is 3.15. The molecule has 0 radical (unpaired) electrons. The molecule has 2 N–H and O–H groups in total. The highest BCUT2D eigenvalue weighted by Gasteiger charge is 2.26. The predicted molar refractivity (Wildman–Crippen MR) is 119 cm³/mol. The molecule has 2 aromatic rings. The van der Waals surface area contributed by atoms with E-state index in [0.717, 1.165) is 19.5 Å². The first kappa shape index (κ1) is 22.3. The minimum absolute atomic E-state index is 0.0831. The number of nitrogens with one attached hydrogen (secondary N) is 2. The van der Waals surface area contributed by atoms with Crippen molar-refractivity contribution in [3.05, 3.63) is 57.8 Å². The van der Waals surface area contributed by atoms with Crippen molar-refractivity contribution in [3.63, 3.8) is 0 Å². The Labute approximate surface area is 182 Å². The van der Waals surface area contributed by atoms with Crippen molar-refractivity contribution in [3.8, 4) is 0 Å². The lowest BCUT2D eigenvalue weighted by atomic mass is 10.0. The zero-order chi connectivity index (χ0) is 21.6. The molecule has 1 aromatic carbocycles. The number of thiophene rings is 1. The van der Waals surface area contributed by atoms with Gasteiger partial charge in [0.1, 0.15) is 5.60 Å². The maximum Gasteiger partial charge on any atom is 0.407 e. The standard InChI is InChI=1S/C23H31N3O3S/c1-23(2,3)29-22(28)24-12-9-21(27)25-15-19(17-7-5-4-6-8-17)26-13-10-20-18(16-26)11-14-30-20/h4-8,11,14,19H,9-10,12-13,15-16H2,1-3H3,(H,24,28)(H,25,27)/t19-/m1/s1. The van der Waals surface area contributed by atoms with Crippen LogP contribution in [-0.4, -0.2) is 42.1 Å². The van der Waals surface area contributed by atoms with Crippen molar-refractivity contribution in [2.75, 3.05) is 19.6 Å². The Bertz CT molecular complexity index is 845. The van der Waals surface area contributed by atoms with Gasteiger partial charge in [0.15, 0.2) is 0 Å². The van der Waals surface area contributed by atoms with Crippen molar-refractivity contribution >= 4 is 23.3 Å². The molecular formula is C23H31N3O3S. The Balaban J connectivity index is 1.53. The molecule has 0 spiro atoms. The van der Waals surface area contributed by atoms with Crippen LogP contribution < -0.4 is 10.6 Å². The number of benzene rings is 1. The van der Waals surface area contributed by atoms with E-state index < -0.39 is 11.7 Å². The van der Waals surface area contributed by atoms with Crippen molar-refractivity contribution < 1.29 is 14.3 Å². The van der Waals surface area contributed by atoms with E-state index in [1.165, 1.54) is 16.0 Å². The number of carbonyl (C=O) groups is 2. The lowest BCUT2D eigenvalue weighted by Crippen LogP contribution is -2.41. The van der Waals surface area contributed by atoms with Crippen LogP contribution in [0.5, 0.6) is 0 Å². The molecule has 1 aromatic heterocycles. The molecule has 3 rings (SSSR count). The number of nitrogens with zero attached hydrogens (tertiary/aromatic N) is 1. The van der Waals surface area contributed by atoms with Gasteiger partial charge < -0.3 is 15.4 Å². The second-order valence-electron chi connectivity index (χ2n) is 8.50. The smallest absolute Gasteiger partial charge is 0.407 e. The van der Waals surface area contributed by atoms with Gasteiger partial charge in [-0.2, -0.15) is 0 Å². The quantitative estimate of drug-likeness (QED) is 0.701. The number of hydrogen-bond donors (Lipinski definition) is 2. The number of amides is 2. The number of hydrogen-bond acceptors (Lipinski definition) is 5. The van der Waals surface area contributed by atoms with E-state index in [0.29, 0.717) is 6.54 Å². The number of ether oxygens (including phenoxy) is 1. The first-order valence-corrected chi connectivity index (χ1v) is 11.3. The summed E-state index contributed by atoms with van der Waals surface area (Å²) in [5.41, 5.74) is 2.04. The normalized spacial score (nSPS) is 15.2. The zero-order valence-electron chi connectivity index (χ0n) is 17.9. The van der Waals surface area contributed by atoms with E-state index in [4.69, 9.17) is 4.74 Å². The topological polar surface area (TPSA) is 70.7 Å². The molecule has 162 valence electrons. The summed E-state index contributed by atoms with van der Waals surface area (Å²) in [6.45, 7) is 8.08. The molecule has 0 saturated heterocycles. The molecule has 1 atom stereocenters. The maximum absolute atomic E-state index is 12.4. The molecule has 7 heteroatoms. The van der Waals surface area contributed by atoms with E-state index in [-0.39, 0.29) is 24.9 Å². The van der Waals surface area contributed by atoms with E-state index >= 15 is 0 Å². The lowest BCUT2D eigenvalue weighted by Gasteiger charge is -2.35. The van der Waals surface area contributed by atoms with E-state index in [9.17, 15) is 9.59 Å². The molecular weight excluding hydrogens is 398 g/mol. The summed E-state index contributed by atoms with van der Waals surface area (Å²) in [6, 6.07) is 12.6. The molecule has 0 saturated carbocycles. The summed E-state index contributed by atoms with van der Waals surface area (Å²) >= 11 is 1.83. The van der Waals surface area contributed by atoms with E-state index in [1.807, 2.05) is 50.3 Å². The van der Waals surface area contributed by atoms with Crippen LogP contribution in [0.1, 0.15) is 49.2 Å². The van der Waals surface area contributed by atoms with Gasteiger partial charge in [0.05, 0.1) is 6.04 Å². The van der Waals surface area contributed by atoms with Crippen molar-refractivity contribution in [1.29, 1.82) is 0 Å². The van der Waals surface area contributed by atoms with Gasteiger partial charge in [-0.1, -0.05) is 30.3 Å². The monoisotopic (exact) mass is 429 g/mol. The van der Waals surface area contributed by atoms with Crippen molar-refractivity contribution in [2.24, 2.45) is 0 Å². The summed E-state index contributed by atoms with van der Waals surface area (Å²) in [6.07, 6.45) is 0.761. The summed E-state index contributed by atoms with van der Waals surface area (Å²) in [7, 11) is 0. The number of rotatable bonds is 7. The fourth-order valence-electron chi connectivity index (χ4n) is 3.56. The highest BCUT2D eigenvalue weighted by atomic mass is 32.1. The fourth-order valence-corrected chi connectivity index (χ4v) is 4.45. The van der Waals surface area contributed by atoms with Gasteiger partial charge in [0.25, 0.3) is 0 Å². The number of fused-ring (bicyclic) bond motifs is 1. The van der Waals surface area contributed by atoms with Gasteiger partial charge in [-0.05, 0) is 49.8 Å². The molecule has 2 amide bonds. The maximum atomic E-state index is 12.4. The van der Waals surface area contributed by atoms with Gasteiger partial charge in [-0.3, -0.25) is 9.69 Å². The van der Waals surface area contributed by atoms with E-state index in [1.54, 1.807) is 0 Å². The van der Waals surface area contributed by atoms with Crippen LogP contribution in [-0.2, 0) is 22.5 Å². The van der Waals surface area contributed by atoms with Gasteiger partial charge in [0.2, 0.25) is 5.91 Å². The molecule has 0 unspecified atom stereocenters. The second-order valence-corrected chi connectivity index (χ2v) is 9.50. The van der Waals surface area contributed by atoms with E-state index in [2.05, 4.69) is 39.1 Å². The summed E-state index contributed by atoms with van der Waals surface area (Å²) in [5.74, 6) is -0.0831. The van der Waals surface area contributed by atoms with Crippen LogP contribution in [0.25, 0.3) is 0 Å². The lowest BCUT2D eigenvalue weighted by molar-refractivity contribution is -0.121. The first-order valence-electron chi connectivity index (χ1n) is 10.4. The molecule has 2 heterocycles. The average molecular weight is 430 g/mol. The zero-order valence-corrected chi connectivity index (χ0v) is 18.8. The van der Waals surface area contributed by atoms with Crippen LogP contribution >= 0.6 is 11.3 Å².